The number of rotatable bonds is 2. The van der Waals surface area contributed by atoms with Crippen molar-refractivity contribution in [1.82, 2.24) is 24.6 Å². The van der Waals surface area contributed by atoms with Crippen LogP contribution in [0.5, 0.6) is 0 Å². The van der Waals surface area contributed by atoms with Gasteiger partial charge < -0.3 is 49.8 Å². The summed E-state index contributed by atoms with van der Waals surface area (Å²) in [4.78, 5) is 8.33. The van der Waals surface area contributed by atoms with Gasteiger partial charge >= 0.3 is 0 Å². The van der Waals surface area contributed by atoms with Gasteiger partial charge in [-0.05, 0) is 6.16 Å². The number of carbonyl (C=O) groups excluding carboxylic acids is 1. The molecule has 9 nitrogen and oxygen atoms in total. The molecule has 16 N–H and O–H groups in total. The predicted octanol–water partition coefficient (Wildman–Crippen LogP) is -1.82. The van der Waals surface area contributed by atoms with Crippen LogP contribution in [-0.4, -0.2) is 19.9 Å². The second-order valence-electron chi connectivity index (χ2n) is 1.31. The van der Waals surface area contributed by atoms with E-state index in [-0.39, 0.29) is 31.2 Å². The third kappa shape index (κ3) is 1490. The van der Waals surface area contributed by atoms with Crippen molar-refractivity contribution in [2.75, 3.05) is 13.7 Å². The molecule has 0 fully saturated rings. The molecule has 0 rings (SSSR count). The van der Waals surface area contributed by atoms with Gasteiger partial charge in [0, 0.05) is 0 Å². The van der Waals surface area contributed by atoms with Crippen molar-refractivity contribution in [3.05, 3.63) is 0 Å². The molecule has 0 unspecified atom stereocenters. The Labute approximate surface area is 90.5 Å². The van der Waals surface area contributed by atoms with E-state index in [2.05, 4.69) is 0 Å². The maximum absolute atomic E-state index is 9.53. The number of carbonyl (C=O) groups is 1. The summed E-state index contributed by atoms with van der Waals surface area (Å²) in [5, 5.41) is 34.4. The van der Waals surface area contributed by atoms with Gasteiger partial charge in [-0.3, -0.25) is 0 Å². The summed E-state index contributed by atoms with van der Waals surface area (Å²) in [6.07, 6.45) is -0.469. The maximum atomic E-state index is 9.53. The van der Waals surface area contributed by atoms with E-state index in [0.717, 1.165) is 20.0 Å². The van der Waals surface area contributed by atoms with Gasteiger partial charge in [-0.25, -0.2) is 0 Å². The van der Waals surface area contributed by atoms with Crippen molar-refractivity contribution in [2.24, 2.45) is 0 Å². The average molecular weight is 236 g/mol. The first-order chi connectivity index (χ1) is 5.15. The van der Waals surface area contributed by atoms with Crippen LogP contribution in [0, 0.1) is 0 Å². The van der Waals surface area contributed by atoms with E-state index in [0.29, 0.717) is 0 Å². The molecule has 0 atom stereocenters. The first-order valence-corrected chi connectivity index (χ1v) is 3.02. The summed E-state index contributed by atoms with van der Waals surface area (Å²) in [5.41, 5.74) is 0. The Morgan fingerprint density at radius 1 is 1.00 bits per heavy atom. The quantitative estimate of drug-likeness (QED) is 0.430. The normalized spacial score (nSPS) is 4.80. The van der Waals surface area contributed by atoms with E-state index < -0.39 is 6.16 Å². The first-order valence-electron chi connectivity index (χ1n) is 3.02. The molecule has 9 heteroatoms. The second kappa shape index (κ2) is 74.5. The summed E-state index contributed by atoms with van der Waals surface area (Å²) in [5.74, 6) is 0. The number of carboxylic acid groups (broad SMARTS) is 2. The molecule has 0 bridgehead atoms. The van der Waals surface area contributed by atoms with Crippen LogP contribution in [-0.2, 0) is 0 Å². The Kier molecular flexibility index (Phi) is 239. The topological polar surface area (TPSA) is 255 Å². The van der Waals surface area contributed by atoms with Crippen LogP contribution in [0.1, 0.15) is 19.8 Å². The number of hydrogen-bond acceptors (Lipinski definition) is 5. The standard InChI is InChI=1S/C4H9O.CH2O3.CH3O.4H3N/c1-2-3-4-5;2-1(3)4;1-2;;;;/h2-4H2,1H3;(H2,2,3,4);1H3;4*1H3/q-1;;-1;;;;/p+2. The zero-order valence-corrected chi connectivity index (χ0v) is 10.7. The third-order valence-electron chi connectivity index (χ3n) is 0.498. The Morgan fingerprint density at radius 2 is 1.20 bits per heavy atom. The van der Waals surface area contributed by atoms with E-state index in [1.165, 1.54) is 0 Å². The van der Waals surface area contributed by atoms with Crippen LogP contribution in [0.3, 0.4) is 0 Å². The number of quaternary nitrogens is 4. The number of hydrogen-bond donors (Lipinski definition) is 4. The van der Waals surface area contributed by atoms with Gasteiger partial charge in [0.2, 0.25) is 0 Å². The summed E-state index contributed by atoms with van der Waals surface area (Å²) >= 11 is 0. The van der Waals surface area contributed by atoms with Gasteiger partial charge in [0.05, 0.1) is 0 Å². The largest absolute Gasteiger partial charge is 0.857 e. The maximum Gasteiger partial charge on any atom is -0.0431 e. The highest BCUT2D eigenvalue weighted by Crippen LogP contribution is 1.76. The van der Waals surface area contributed by atoms with Gasteiger partial charge in [-0.1, -0.05) is 19.8 Å². The summed E-state index contributed by atoms with van der Waals surface area (Å²) in [7, 11) is 0.750. The minimum absolute atomic E-state index is 0. The van der Waals surface area contributed by atoms with Crippen LogP contribution in [0.2, 0.25) is 0 Å². The van der Waals surface area contributed by atoms with E-state index in [9.17, 15) is 5.11 Å². The fraction of sp³-hybridized carbons (Fsp3) is 0.833. The predicted molar refractivity (Wildman–Crippen MR) is 55.0 cm³/mol. The van der Waals surface area contributed by atoms with Crippen LogP contribution < -0.4 is 45.0 Å². The van der Waals surface area contributed by atoms with Gasteiger partial charge in [0.15, 0.2) is 0 Å². The van der Waals surface area contributed by atoms with Crippen molar-refractivity contribution < 1.29 is 25.2 Å². The molecule has 0 aliphatic carbocycles. The Morgan fingerprint density at radius 3 is 1.20 bits per heavy atom. The van der Waals surface area contributed by atoms with Gasteiger partial charge in [0.25, 0.3) is 0 Å². The lowest BCUT2D eigenvalue weighted by atomic mass is 10.4. The summed E-state index contributed by atoms with van der Waals surface area (Å²) in [6, 6.07) is 0. The van der Waals surface area contributed by atoms with Crippen molar-refractivity contribution in [3.8, 4) is 0 Å². The minimum Gasteiger partial charge on any atom is -0.857 e. The van der Waals surface area contributed by atoms with Crippen LogP contribution in [0.4, 0.5) is 4.79 Å². The molecule has 0 saturated carbocycles. The van der Waals surface area contributed by atoms with Crippen LogP contribution in [0.15, 0.2) is 0 Å². The molecule has 15 heavy (non-hydrogen) atoms. The highest BCUT2D eigenvalue weighted by Gasteiger charge is 1.61. The molecular formula is C6H28N4O5. The lowest BCUT2D eigenvalue weighted by molar-refractivity contribution is -0.415. The molecule has 0 aromatic rings. The monoisotopic (exact) mass is 236 g/mol. The SMILES string of the molecule is CCCC[O-].C[O-].O=C([O-])[O-].[NH4+].[NH4+].[NH4+].[NH4+]. The highest BCUT2D eigenvalue weighted by atomic mass is 16.6. The van der Waals surface area contributed by atoms with Gasteiger partial charge in [0.1, 0.15) is 0 Å². The molecule has 0 aromatic heterocycles. The average Bonchev–Trinajstić information content (AvgIpc) is 1.93. The molecule has 0 radical (unpaired) electrons. The minimum atomic E-state index is -2.33. The lowest BCUT2D eigenvalue weighted by Crippen LogP contribution is -2.37. The van der Waals surface area contributed by atoms with Crippen molar-refractivity contribution >= 4 is 6.16 Å². The van der Waals surface area contributed by atoms with E-state index >= 15 is 0 Å². The molecule has 0 spiro atoms. The summed E-state index contributed by atoms with van der Waals surface area (Å²) in [6.45, 7) is 2.11. The molecule has 0 heterocycles. The van der Waals surface area contributed by atoms with E-state index in [4.69, 9.17) is 20.1 Å². The zero-order chi connectivity index (χ0) is 9.70. The molecular weight excluding hydrogens is 208 g/mol. The van der Waals surface area contributed by atoms with E-state index in [1.54, 1.807) is 0 Å². The molecule has 0 aliphatic rings. The molecule has 0 aromatic carbocycles. The number of unbranched alkanes of at least 4 members (excludes halogenated alkanes) is 1. The Bertz CT molecular complexity index is 70.5. The van der Waals surface area contributed by atoms with Crippen LogP contribution >= 0.6 is 0 Å². The smallest absolute Gasteiger partial charge is 0.0431 e. The van der Waals surface area contributed by atoms with Gasteiger partial charge in [-0.15, -0.1) is 6.61 Å². The molecule has 0 saturated heterocycles. The fourth-order valence-corrected chi connectivity index (χ4v) is 0.144. The van der Waals surface area contributed by atoms with Crippen molar-refractivity contribution in [3.63, 3.8) is 0 Å². The first kappa shape index (κ1) is 48.2. The Balaban J connectivity index is -0.0000000120. The molecule has 0 aliphatic heterocycles. The van der Waals surface area contributed by atoms with Crippen LogP contribution in [0.25, 0.3) is 0 Å². The summed E-state index contributed by atoms with van der Waals surface area (Å²) < 4.78 is 0. The van der Waals surface area contributed by atoms with Crippen molar-refractivity contribution in [1.29, 1.82) is 0 Å². The zero-order valence-electron chi connectivity index (χ0n) is 10.7. The van der Waals surface area contributed by atoms with Gasteiger partial charge in [-0.2, -0.15) is 7.11 Å². The Hall–Kier alpha value is -0.970. The van der Waals surface area contributed by atoms with E-state index in [1.807, 2.05) is 6.92 Å². The fourth-order valence-electron chi connectivity index (χ4n) is 0.144. The van der Waals surface area contributed by atoms with Crippen molar-refractivity contribution in [2.45, 2.75) is 19.8 Å². The molecule has 102 valence electrons. The second-order valence-corrected chi connectivity index (χ2v) is 1.31. The lowest BCUT2D eigenvalue weighted by Gasteiger charge is -1.96. The third-order valence-corrected chi connectivity index (χ3v) is 0.498. The molecule has 0 amide bonds. The highest BCUT2D eigenvalue weighted by molar-refractivity contribution is 5.47.